The van der Waals surface area contributed by atoms with Gasteiger partial charge in [0.25, 0.3) is 0 Å². The molecule has 0 aliphatic rings. The fourth-order valence-corrected chi connectivity index (χ4v) is 2.29. The third kappa shape index (κ3) is 5.63. The lowest BCUT2D eigenvalue weighted by Gasteiger charge is -2.18. The largest absolute Gasteiger partial charge is 0.451 e. The van der Waals surface area contributed by atoms with E-state index < -0.39 is 12.0 Å². The highest BCUT2D eigenvalue weighted by Crippen LogP contribution is 2.25. The summed E-state index contributed by atoms with van der Waals surface area (Å²) >= 11 is 11.9. The minimum absolute atomic E-state index is 0.0182. The predicted molar refractivity (Wildman–Crippen MR) is 81.7 cm³/mol. The van der Waals surface area contributed by atoms with Crippen molar-refractivity contribution < 1.29 is 14.1 Å². The normalized spacial score (nSPS) is 11.8. The lowest BCUT2D eigenvalue weighted by atomic mass is 10.0. The van der Waals surface area contributed by atoms with Crippen molar-refractivity contribution in [3.63, 3.8) is 0 Å². The van der Waals surface area contributed by atoms with Crippen LogP contribution in [0.1, 0.15) is 18.0 Å². The topological polar surface area (TPSA) is 67.4 Å². The third-order valence-electron chi connectivity index (χ3n) is 2.46. The Morgan fingerprint density at radius 1 is 1.30 bits per heavy atom. The van der Waals surface area contributed by atoms with Crippen LogP contribution in [-0.2, 0) is 14.1 Å². The number of hydrogen-bond donors (Lipinski definition) is 2. The molecule has 1 aromatic carbocycles. The van der Waals surface area contributed by atoms with Crippen molar-refractivity contribution in [2.24, 2.45) is 0 Å². The molecule has 0 radical (unpaired) electrons. The molecule has 5 nitrogen and oxygen atoms in total. The standard InChI is InChI=1S/C12H15Cl2N2O3P/c1-15-6-11(17)16-10(5-12(18)19-20)7-2-8(13)4-9(14)3-7/h2-4,10,15H,5-6,20H2,1H3,(H,16,17). The van der Waals surface area contributed by atoms with Gasteiger partial charge in [0.1, 0.15) is 0 Å². The van der Waals surface area contributed by atoms with E-state index in [9.17, 15) is 9.59 Å². The number of carbonyl (C=O) groups excluding carboxylic acids is 2. The average molecular weight is 337 g/mol. The van der Waals surface area contributed by atoms with Gasteiger partial charge in [-0.05, 0) is 30.8 Å². The summed E-state index contributed by atoms with van der Waals surface area (Å²) in [6, 6.07) is 4.31. The summed E-state index contributed by atoms with van der Waals surface area (Å²) in [6.07, 6.45) is -0.0182. The Morgan fingerprint density at radius 3 is 2.40 bits per heavy atom. The van der Waals surface area contributed by atoms with Gasteiger partial charge in [-0.2, -0.15) is 0 Å². The summed E-state index contributed by atoms with van der Waals surface area (Å²) in [7, 11) is 3.53. The molecule has 0 bridgehead atoms. The molecule has 2 unspecified atom stereocenters. The molecule has 0 saturated carbocycles. The number of carbonyl (C=O) groups is 2. The maximum atomic E-state index is 11.7. The Bertz CT molecular complexity index is 479. The highest BCUT2D eigenvalue weighted by molar-refractivity contribution is 7.10. The lowest BCUT2D eigenvalue weighted by Crippen LogP contribution is -2.36. The van der Waals surface area contributed by atoms with Gasteiger partial charge < -0.3 is 15.2 Å². The summed E-state index contributed by atoms with van der Waals surface area (Å²) in [5.74, 6) is -0.717. The quantitative estimate of drug-likeness (QED) is 0.780. The van der Waals surface area contributed by atoms with Crippen LogP contribution in [0.3, 0.4) is 0 Å². The van der Waals surface area contributed by atoms with E-state index in [1.54, 1.807) is 25.2 Å². The van der Waals surface area contributed by atoms with Gasteiger partial charge in [-0.3, -0.25) is 9.59 Å². The highest BCUT2D eigenvalue weighted by atomic mass is 35.5. The van der Waals surface area contributed by atoms with E-state index in [4.69, 9.17) is 23.2 Å². The SMILES string of the molecule is CNCC(=O)NC(CC(=O)OP)c1cc(Cl)cc(Cl)c1. The number of halogens is 2. The summed E-state index contributed by atoms with van der Waals surface area (Å²) in [6.45, 7) is 0.140. The second-order valence-corrected chi connectivity index (χ2v) is 5.16. The lowest BCUT2D eigenvalue weighted by molar-refractivity contribution is -0.134. The fourth-order valence-electron chi connectivity index (χ4n) is 1.65. The zero-order chi connectivity index (χ0) is 15.1. The Kier molecular flexibility index (Phi) is 7.24. The molecule has 0 spiro atoms. The molecular weight excluding hydrogens is 322 g/mol. The molecule has 0 saturated heterocycles. The molecule has 1 aromatic rings. The minimum Gasteiger partial charge on any atom is -0.451 e. The number of benzene rings is 1. The predicted octanol–water partition coefficient (Wildman–Crippen LogP) is 2.09. The van der Waals surface area contributed by atoms with Crippen LogP contribution in [-0.4, -0.2) is 25.5 Å². The second-order valence-electron chi connectivity index (χ2n) is 4.05. The zero-order valence-electron chi connectivity index (χ0n) is 10.8. The van der Waals surface area contributed by atoms with E-state index in [-0.39, 0.29) is 18.9 Å². The van der Waals surface area contributed by atoms with Crippen LogP contribution in [0.4, 0.5) is 0 Å². The van der Waals surface area contributed by atoms with Crippen molar-refractivity contribution in [3.8, 4) is 0 Å². The van der Waals surface area contributed by atoms with Gasteiger partial charge in [-0.1, -0.05) is 23.2 Å². The molecule has 0 aliphatic heterocycles. The van der Waals surface area contributed by atoms with Crippen molar-refractivity contribution in [1.82, 2.24) is 10.6 Å². The van der Waals surface area contributed by atoms with Crippen LogP contribution in [0.5, 0.6) is 0 Å². The van der Waals surface area contributed by atoms with Crippen LogP contribution >= 0.6 is 32.7 Å². The maximum Gasteiger partial charge on any atom is 0.310 e. The summed E-state index contributed by atoms with van der Waals surface area (Å²) < 4.78 is 4.55. The number of hydrogen-bond acceptors (Lipinski definition) is 4. The number of nitrogens with one attached hydrogen (secondary N) is 2. The van der Waals surface area contributed by atoms with Crippen LogP contribution in [0.15, 0.2) is 18.2 Å². The van der Waals surface area contributed by atoms with E-state index in [1.807, 2.05) is 9.47 Å². The second kappa shape index (κ2) is 8.42. The first-order chi connectivity index (χ1) is 9.46. The first-order valence-electron chi connectivity index (χ1n) is 5.75. The van der Waals surface area contributed by atoms with Crippen molar-refractivity contribution in [3.05, 3.63) is 33.8 Å². The van der Waals surface area contributed by atoms with Gasteiger partial charge in [0.2, 0.25) is 5.91 Å². The van der Waals surface area contributed by atoms with Crippen LogP contribution < -0.4 is 10.6 Å². The average Bonchev–Trinajstić information content (AvgIpc) is 2.36. The Labute approximate surface area is 129 Å². The van der Waals surface area contributed by atoms with Crippen LogP contribution in [0.2, 0.25) is 10.0 Å². The Balaban J connectivity index is 2.96. The fraction of sp³-hybridized carbons (Fsp3) is 0.333. The van der Waals surface area contributed by atoms with Gasteiger partial charge in [0, 0.05) is 10.0 Å². The summed E-state index contributed by atoms with van der Waals surface area (Å²) in [5.41, 5.74) is 0.641. The van der Waals surface area contributed by atoms with E-state index >= 15 is 0 Å². The molecule has 1 amide bonds. The summed E-state index contributed by atoms with van der Waals surface area (Å²) in [4.78, 5) is 23.1. The van der Waals surface area contributed by atoms with E-state index in [2.05, 4.69) is 15.2 Å². The van der Waals surface area contributed by atoms with Crippen molar-refractivity contribution in [2.45, 2.75) is 12.5 Å². The molecular formula is C12H15Cl2N2O3P. The van der Waals surface area contributed by atoms with Gasteiger partial charge >= 0.3 is 5.97 Å². The first kappa shape index (κ1) is 17.2. The molecule has 0 fully saturated rings. The molecule has 2 atom stereocenters. The van der Waals surface area contributed by atoms with E-state index in [0.29, 0.717) is 15.6 Å². The van der Waals surface area contributed by atoms with E-state index in [0.717, 1.165) is 0 Å². The first-order valence-corrected chi connectivity index (χ1v) is 6.98. The molecule has 0 heterocycles. The number of likely N-dealkylation sites (N-methyl/N-ethyl adjacent to an activating group) is 1. The van der Waals surface area contributed by atoms with Crippen LogP contribution in [0, 0.1) is 0 Å². The van der Waals surface area contributed by atoms with E-state index in [1.165, 1.54) is 0 Å². The zero-order valence-corrected chi connectivity index (χ0v) is 13.4. The molecule has 110 valence electrons. The monoisotopic (exact) mass is 336 g/mol. The number of rotatable bonds is 6. The van der Waals surface area contributed by atoms with Gasteiger partial charge in [0.05, 0.1) is 28.5 Å². The maximum absolute atomic E-state index is 11.7. The van der Waals surface area contributed by atoms with Crippen molar-refractivity contribution in [2.75, 3.05) is 13.6 Å². The van der Waals surface area contributed by atoms with Gasteiger partial charge in [0.15, 0.2) is 0 Å². The number of amides is 1. The highest BCUT2D eigenvalue weighted by Gasteiger charge is 2.19. The van der Waals surface area contributed by atoms with Crippen molar-refractivity contribution >= 4 is 44.5 Å². The molecule has 20 heavy (non-hydrogen) atoms. The van der Waals surface area contributed by atoms with Gasteiger partial charge in [-0.15, -0.1) is 0 Å². The van der Waals surface area contributed by atoms with Crippen LogP contribution in [0.25, 0.3) is 0 Å². The molecule has 2 N–H and O–H groups in total. The molecule has 0 aliphatic carbocycles. The molecule has 8 heteroatoms. The van der Waals surface area contributed by atoms with Gasteiger partial charge in [-0.25, -0.2) is 0 Å². The minimum atomic E-state index is -0.555. The Morgan fingerprint density at radius 2 is 1.90 bits per heavy atom. The third-order valence-corrected chi connectivity index (χ3v) is 3.16. The molecule has 1 rings (SSSR count). The molecule has 0 aromatic heterocycles. The van der Waals surface area contributed by atoms with Crippen molar-refractivity contribution in [1.29, 1.82) is 0 Å². The smallest absolute Gasteiger partial charge is 0.310 e. The Hall–Kier alpha value is -0.870. The summed E-state index contributed by atoms with van der Waals surface area (Å²) in [5, 5.41) is 6.32.